The first kappa shape index (κ1) is 38.8. The number of para-hydroxylation sites is 1. The van der Waals surface area contributed by atoms with E-state index in [1.807, 2.05) is 30.3 Å². The number of esters is 1. The Labute approximate surface area is 303 Å². The summed E-state index contributed by atoms with van der Waals surface area (Å²) in [4.78, 5) is 25.0. The van der Waals surface area contributed by atoms with Gasteiger partial charge in [-0.15, -0.1) is 6.42 Å². The fourth-order valence-corrected chi connectivity index (χ4v) is 7.49. The van der Waals surface area contributed by atoms with E-state index in [4.69, 9.17) is 30.7 Å². The van der Waals surface area contributed by atoms with E-state index < -0.39 is 50.4 Å². The van der Waals surface area contributed by atoms with Gasteiger partial charge in [-0.3, -0.25) is 13.9 Å². The summed E-state index contributed by atoms with van der Waals surface area (Å²) in [6.07, 6.45) is 12.6. The molecule has 15 heteroatoms. The van der Waals surface area contributed by atoms with Crippen LogP contribution in [0.5, 0.6) is 5.75 Å². The average molecular weight is 737 g/mol. The topological polar surface area (TPSA) is 173 Å². The van der Waals surface area contributed by atoms with Crippen LogP contribution in [-0.4, -0.2) is 61.6 Å². The quantitative estimate of drug-likeness (QED) is 0.0305. The molecule has 4 aromatic rings. The summed E-state index contributed by atoms with van der Waals surface area (Å²) in [7, 11) is -4.46. The second-order valence-electron chi connectivity index (χ2n) is 12.7. The van der Waals surface area contributed by atoms with Gasteiger partial charge in [0.05, 0.1) is 12.9 Å². The van der Waals surface area contributed by atoms with E-state index in [2.05, 4.69) is 32.9 Å². The van der Waals surface area contributed by atoms with E-state index in [-0.39, 0.29) is 42.2 Å². The number of halogens is 1. The number of ether oxygens (including phenoxy) is 2. The first-order valence-electron chi connectivity index (χ1n) is 17.6. The number of aliphatic hydroxyl groups excluding tert-OH is 1. The lowest BCUT2D eigenvalue weighted by Gasteiger charge is -2.30. The lowest BCUT2D eigenvalue weighted by Crippen LogP contribution is -2.44. The number of terminal acetylenes is 1. The van der Waals surface area contributed by atoms with Gasteiger partial charge < -0.3 is 24.8 Å². The molecule has 0 unspecified atom stereocenters. The number of anilines is 1. The lowest BCUT2D eigenvalue weighted by atomic mass is 9.99. The van der Waals surface area contributed by atoms with E-state index in [0.29, 0.717) is 6.42 Å². The van der Waals surface area contributed by atoms with E-state index >= 15 is 0 Å². The number of nitrogens with zero attached hydrogens (tertiary/aromatic N) is 4. The minimum Gasteiger partial charge on any atom is -0.465 e. The zero-order valence-corrected chi connectivity index (χ0v) is 30.1. The Kier molecular flexibility index (Phi) is 13.7. The Hall–Kier alpha value is -4.38. The number of nitrogens with one attached hydrogen (secondary N) is 1. The number of rotatable bonds is 20. The molecule has 5 atom stereocenters. The van der Waals surface area contributed by atoms with Crippen molar-refractivity contribution in [2.24, 2.45) is 0 Å². The average Bonchev–Trinajstić information content (AvgIpc) is 3.71. The van der Waals surface area contributed by atoms with E-state index in [0.717, 1.165) is 24.8 Å². The van der Waals surface area contributed by atoms with Gasteiger partial charge in [0.15, 0.2) is 22.6 Å². The number of aromatic nitrogens is 4. The van der Waals surface area contributed by atoms with Gasteiger partial charge in [0.25, 0.3) is 0 Å². The molecule has 2 aromatic heterocycles. The molecule has 0 aliphatic carbocycles. The van der Waals surface area contributed by atoms with E-state index in [9.17, 15) is 18.9 Å². The number of benzene rings is 2. The number of imidazole rings is 1. The molecule has 0 saturated carbocycles. The van der Waals surface area contributed by atoms with Crippen LogP contribution in [0.25, 0.3) is 11.2 Å². The van der Waals surface area contributed by atoms with Crippen molar-refractivity contribution in [3.05, 3.63) is 78.6 Å². The standard InChI is InChI=1S/C37H46FN6O7P/c1-3-5-6-7-8-9-10-17-22-48-35(46)29(23-27-18-13-11-14-19-27)43-52(47,51-28-20-15-12-16-21-28)49-25-37(4-2)30(45)24-31(50-37)44-26-40-32-33(39)41-36(38)42-34(32)44/h2,11-16,18-21,26,29-31,45H,3,5-10,17,22-25H2,1H3,(H,43,47)(H2,39,41,42)/t29-,30-,31+,37+,52+/m0/s1. The third-order valence-electron chi connectivity index (χ3n) is 8.83. The molecule has 1 fully saturated rings. The summed E-state index contributed by atoms with van der Waals surface area (Å²) in [6, 6.07) is 16.3. The van der Waals surface area contributed by atoms with Crippen molar-refractivity contribution in [3.8, 4) is 18.1 Å². The highest BCUT2D eigenvalue weighted by molar-refractivity contribution is 7.52. The van der Waals surface area contributed by atoms with Gasteiger partial charge in [0, 0.05) is 6.42 Å². The van der Waals surface area contributed by atoms with Gasteiger partial charge in [-0.05, 0) is 30.5 Å². The molecular weight excluding hydrogens is 690 g/mol. The number of carbonyl (C=O) groups excluding carboxylic acids is 1. The molecule has 1 aliphatic heterocycles. The van der Waals surface area contributed by atoms with Crippen molar-refractivity contribution in [2.45, 2.75) is 95.1 Å². The first-order valence-corrected chi connectivity index (χ1v) is 19.2. The molecule has 1 aliphatic rings. The van der Waals surface area contributed by atoms with Gasteiger partial charge >= 0.3 is 19.8 Å². The summed E-state index contributed by atoms with van der Waals surface area (Å²) in [5.74, 6) is 1.83. The van der Waals surface area contributed by atoms with Crippen molar-refractivity contribution >= 4 is 30.7 Å². The van der Waals surface area contributed by atoms with Gasteiger partial charge in [0.2, 0.25) is 0 Å². The highest BCUT2D eigenvalue weighted by atomic mass is 31.2. The van der Waals surface area contributed by atoms with Crippen molar-refractivity contribution in [3.63, 3.8) is 0 Å². The number of carbonyl (C=O) groups is 1. The van der Waals surface area contributed by atoms with Crippen LogP contribution in [-0.2, 0) is 29.8 Å². The number of unbranched alkanes of at least 4 members (excludes halogenated alkanes) is 7. The molecule has 0 amide bonds. The SMILES string of the molecule is C#C[C@]1(CO[P@](=O)(N[C@@H](Cc2ccccc2)C(=O)OCCCCCCCCCC)Oc2ccccc2)O[C@@H](n2cnc3c(N)nc(F)nc32)C[C@@H]1O. The smallest absolute Gasteiger partial charge is 0.459 e. The molecule has 52 heavy (non-hydrogen) atoms. The minimum absolute atomic E-state index is 0.0323. The number of fused-ring (bicyclic) bond motifs is 1. The van der Waals surface area contributed by atoms with Crippen LogP contribution < -0.4 is 15.3 Å². The number of aliphatic hydroxyl groups is 1. The van der Waals surface area contributed by atoms with Gasteiger partial charge in [-0.25, -0.2) is 9.55 Å². The highest BCUT2D eigenvalue weighted by Gasteiger charge is 2.50. The van der Waals surface area contributed by atoms with Crippen LogP contribution in [0.3, 0.4) is 0 Å². The zero-order valence-electron chi connectivity index (χ0n) is 29.2. The fraction of sp³-hybridized carbons (Fsp3) is 0.459. The van der Waals surface area contributed by atoms with Crippen molar-refractivity contribution in [2.75, 3.05) is 18.9 Å². The molecule has 0 spiro atoms. The molecule has 3 heterocycles. The third kappa shape index (κ3) is 10.1. The molecular formula is C37H46FN6O7P. The molecule has 0 bridgehead atoms. The predicted molar refractivity (Wildman–Crippen MR) is 193 cm³/mol. The molecule has 1 saturated heterocycles. The van der Waals surface area contributed by atoms with E-state index in [1.54, 1.807) is 30.3 Å². The van der Waals surface area contributed by atoms with Crippen LogP contribution in [0, 0.1) is 18.4 Å². The summed E-state index contributed by atoms with van der Waals surface area (Å²) < 4.78 is 53.7. The molecule has 4 N–H and O–H groups in total. The predicted octanol–water partition coefficient (Wildman–Crippen LogP) is 6.29. The third-order valence-corrected chi connectivity index (χ3v) is 10.4. The highest BCUT2D eigenvalue weighted by Crippen LogP contribution is 2.48. The number of hydrogen-bond acceptors (Lipinski definition) is 11. The van der Waals surface area contributed by atoms with Crippen molar-refractivity contribution in [1.82, 2.24) is 24.6 Å². The Morgan fingerprint density at radius 1 is 1.12 bits per heavy atom. The van der Waals surface area contributed by atoms with Crippen LogP contribution in [0.2, 0.25) is 0 Å². The van der Waals surface area contributed by atoms with Crippen LogP contribution in [0.4, 0.5) is 10.2 Å². The van der Waals surface area contributed by atoms with Crippen LogP contribution in [0.15, 0.2) is 67.0 Å². The molecule has 5 rings (SSSR count). The Morgan fingerprint density at radius 3 is 2.48 bits per heavy atom. The Bertz CT molecular complexity index is 1840. The Morgan fingerprint density at radius 2 is 1.79 bits per heavy atom. The first-order chi connectivity index (χ1) is 25.1. The van der Waals surface area contributed by atoms with Crippen molar-refractivity contribution < 1.29 is 37.4 Å². The minimum atomic E-state index is -4.46. The summed E-state index contributed by atoms with van der Waals surface area (Å²) in [5, 5.41) is 14.0. The second-order valence-corrected chi connectivity index (χ2v) is 14.4. The second kappa shape index (κ2) is 18.4. The molecule has 13 nitrogen and oxygen atoms in total. The molecule has 0 radical (unpaired) electrons. The largest absolute Gasteiger partial charge is 0.465 e. The maximum Gasteiger partial charge on any atom is 0.459 e. The van der Waals surface area contributed by atoms with Gasteiger partial charge in [0.1, 0.15) is 30.7 Å². The summed E-state index contributed by atoms with van der Waals surface area (Å²) >= 11 is 0. The maximum absolute atomic E-state index is 14.6. The monoisotopic (exact) mass is 736 g/mol. The van der Waals surface area contributed by atoms with Crippen molar-refractivity contribution in [1.29, 1.82) is 0 Å². The van der Waals surface area contributed by atoms with Gasteiger partial charge in [-0.2, -0.15) is 19.4 Å². The number of hydrogen-bond donors (Lipinski definition) is 3. The number of nitrogens with two attached hydrogens (primary N) is 1. The lowest BCUT2D eigenvalue weighted by molar-refractivity contribution is -0.146. The van der Waals surface area contributed by atoms with Crippen LogP contribution >= 0.6 is 7.75 Å². The molecule has 2 aromatic carbocycles. The number of nitrogen functional groups attached to an aromatic ring is 1. The maximum atomic E-state index is 14.6. The normalized spacial score (nSPS) is 20.3. The van der Waals surface area contributed by atoms with Crippen LogP contribution in [0.1, 0.15) is 76.5 Å². The Balaban J connectivity index is 1.32. The zero-order chi connectivity index (χ0) is 37.0. The fourth-order valence-electron chi connectivity index (χ4n) is 5.97. The summed E-state index contributed by atoms with van der Waals surface area (Å²) in [6.45, 7) is 1.77. The van der Waals surface area contributed by atoms with E-state index in [1.165, 1.54) is 36.6 Å². The summed E-state index contributed by atoms with van der Waals surface area (Å²) in [5.41, 5.74) is 4.92. The molecule has 278 valence electrons. The van der Waals surface area contributed by atoms with Gasteiger partial charge in [-0.1, -0.05) is 106 Å².